The van der Waals surface area contributed by atoms with Crippen LogP contribution in [0.5, 0.6) is 0 Å². The first-order valence-electron chi connectivity index (χ1n) is 5.00. The van der Waals surface area contributed by atoms with Crippen LogP contribution < -0.4 is 5.73 Å². The molecule has 1 aromatic carbocycles. The molecular formula is C12H10BrN3. The normalized spacial score (nSPS) is 11.4. The number of rotatable bonds is 0. The number of nitrogens with zero attached hydrogens (tertiary/aromatic N) is 2. The topological polar surface area (TPSA) is 43.3 Å². The Bertz CT molecular complexity index is 700. The Morgan fingerprint density at radius 1 is 1.25 bits per heavy atom. The smallest absolute Gasteiger partial charge is 0.0834 e. The highest BCUT2D eigenvalue weighted by atomic mass is 79.9. The fraction of sp³-hybridized carbons (Fsp3) is 0.0833. The lowest BCUT2D eigenvalue weighted by Crippen LogP contribution is -1.94. The molecule has 2 N–H and O–H groups in total. The van der Waals surface area contributed by atoms with Crippen LogP contribution in [0.3, 0.4) is 0 Å². The number of anilines is 1. The fourth-order valence-corrected chi connectivity index (χ4v) is 2.32. The Kier molecular flexibility index (Phi) is 1.94. The van der Waals surface area contributed by atoms with Crippen LogP contribution in [-0.2, 0) is 0 Å². The third-order valence-electron chi connectivity index (χ3n) is 2.76. The lowest BCUT2D eigenvalue weighted by molar-refractivity contribution is 0.971. The average molecular weight is 276 g/mol. The van der Waals surface area contributed by atoms with Gasteiger partial charge in [-0.15, -0.1) is 0 Å². The number of aryl methyl sites for hydroxylation is 1. The SMILES string of the molecule is Cc1nn2c(cc(N)c3ccccc32)c1Br. The number of hydrogen-bond donors (Lipinski definition) is 1. The second-order valence-electron chi connectivity index (χ2n) is 3.81. The van der Waals surface area contributed by atoms with E-state index < -0.39 is 0 Å². The molecule has 0 fully saturated rings. The predicted octanol–water partition coefficient (Wildman–Crippen LogP) is 3.14. The van der Waals surface area contributed by atoms with Crippen molar-refractivity contribution in [2.45, 2.75) is 6.92 Å². The molecule has 3 nitrogen and oxygen atoms in total. The molecule has 0 unspecified atom stereocenters. The molecule has 3 aromatic rings. The maximum atomic E-state index is 6.04. The minimum absolute atomic E-state index is 0.781. The van der Waals surface area contributed by atoms with Gasteiger partial charge in [0.15, 0.2) is 0 Å². The highest BCUT2D eigenvalue weighted by Gasteiger charge is 2.10. The molecule has 0 saturated heterocycles. The summed E-state index contributed by atoms with van der Waals surface area (Å²) in [6.45, 7) is 1.97. The molecule has 80 valence electrons. The van der Waals surface area contributed by atoms with Gasteiger partial charge in [-0.2, -0.15) is 5.10 Å². The molecule has 0 aliphatic carbocycles. The zero-order valence-corrected chi connectivity index (χ0v) is 10.3. The molecule has 2 aromatic heterocycles. The number of benzene rings is 1. The molecule has 3 rings (SSSR count). The van der Waals surface area contributed by atoms with Crippen LogP contribution in [0.25, 0.3) is 16.4 Å². The molecule has 0 bridgehead atoms. The fourth-order valence-electron chi connectivity index (χ4n) is 1.96. The van der Waals surface area contributed by atoms with Crippen molar-refractivity contribution in [3.8, 4) is 0 Å². The van der Waals surface area contributed by atoms with E-state index in [4.69, 9.17) is 5.73 Å². The molecule has 0 aliphatic heterocycles. The summed E-state index contributed by atoms with van der Waals surface area (Å²) in [7, 11) is 0. The summed E-state index contributed by atoms with van der Waals surface area (Å²) in [4.78, 5) is 0. The highest BCUT2D eigenvalue weighted by Crippen LogP contribution is 2.29. The van der Waals surface area contributed by atoms with Crippen LogP contribution >= 0.6 is 15.9 Å². The summed E-state index contributed by atoms with van der Waals surface area (Å²) in [5.41, 5.74) is 9.83. The van der Waals surface area contributed by atoms with Crippen molar-refractivity contribution in [2.24, 2.45) is 0 Å². The molecule has 0 spiro atoms. The van der Waals surface area contributed by atoms with Gasteiger partial charge in [0.2, 0.25) is 0 Å². The van der Waals surface area contributed by atoms with Gasteiger partial charge < -0.3 is 5.73 Å². The lowest BCUT2D eigenvalue weighted by atomic mass is 10.2. The van der Waals surface area contributed by atoms with Crippen molar-refractivity contribution < 1.29 is 0 Å². The first-order valence-corrected chi connectivity index (χ1v) is 5.80. The Morgan fingerprint density at radius 3 is 2.81 bits per heavy atom. The molecule has 0 saturated carbocycles. The van der Waals surface area contributed by atoms with Crippen LogP contribution in [0.15, 0.2) is 34.8 Å². The largest absolute Gasteiger partial charge is 0.398 e. The van der Waals surface area contributed by atoms with Crippen molar-refractivity contribution >= 4 is 38.0 Å². The summed E-state index contributed by atoms with van der Waals surface area (Å²) in [6, 6.07) is 9.96. The highest BCUT2D eigenvalue weighted by molar-refractivity contribution is 9.10. The van der Waals surface area contributed by atoms with Gasteiger partial charge in [-0.25, -0.2) is 4.52 Å². The molecule has 0 amide bonds. The van der Waals surface area contributed by atoms with E-state index in [0.717, 1.165) is 32.3 Å². The van der Waals surface area contributed by atoms with Crippen molar-refractivity contribution in [1.29, 1.82) is 0 Å². The Morgan fingerprint density at radius 2 is 2.00 bits per heavy atom. The van der Waals surface area contributed by atoms with E-state index >= 15 is 0 Å². The zero-order chi connectivity index (χ0) is 11.3. The van der Waals surface area contributed by atoms with Gasteiger partial charge in [0.25, 0.3) is 0 Å². The Hall–Kier alpha value is -1.55. The number of hydrogen-bond acceptors (Lipinski definition) is 2. The third kappa shape index (κ3) is 1.16. The van der Waals surface area contributed by atoms with E-state index in [9.17, 15) is 0 Å². The lowest BCUT2D eigenvalue weighted by Gasteiger charge is -2.04. The van der Waals surface area contributed by atoms with Gasteiger partial charge in [0, 0.05) is 11.1 Å². The van der Waals surface area contributed by atoms with Crippen LogP contribution in [0.2, 0.25) is 0 Å². The average Bonchev–Trinajstić information content (AvgIpc) is 2.57. The van der Waals surface area contributed by atoms with Crippen molar-refractivity contribution in [3.05, 3.63) is 40.5 Å². The van der Waals surface area contributed by atoms with Crippen LogP contribution in [0, 0.1) is 6.92 Å². The van der Waals surface area contributed by atoms with Crippen LogP contribution in [0.1, 0.15) is 5.69 Å². The number of halogens is 1. The van der Waals surface area contributed by atoms with Gasteiger partial charge in [-0.3, -0.25) is 0 Å². The Labute approximate surface area is 101 Å². The Balaban J connectivity index is 2.64. The van der Waals surface area contributed by atoms with Gasteiger partial charge >= 0.3 is 0 Å². The summed E-state index contributed by atoms with van der Waals surface area (Å²) in [5, 5.41) is 5.53. The van der Waals surface area contributed by atoms with Crippen LogP contribution in [0.4, 0.5) is 5.69 Å². The minimum atomic E-state index is 0.781. The standard InChI is InChI=1S/C12H10BrN3/c1-7-12(13)11-6-9(14)8-4-2-3-5-10(8)16(11)15-7/h2-6H,14H2,1H3. The first kappa shape index (κ1) is 9.66. The number of pyridine rings is 1. The molecule has 4 heteroatoms. The number of nitrogen functional groups attached to an aromatic ring is 1. The van der Waals surface area contributed by atoms with E-state index in [-0.39, 0.29) is 0 Å². The summed E-state index contributed by atoms with van der Waals surface area (Å²) < 4.78 is 2.93. The quantitative estimate of drug-likeness (QED) is 0.685. The molecule has 16 heavy (non-hydrogen) atoms. The van der Waals surface area contributed by atoms with Crippen molar-refractivity contribution in [1.82, 2.24) is 9.61 Å². The van der Waals surface area contributed by atoms with Crippen molar-refractivity contribution in [2.75, 3.05) is 5.73 Å². The van der Waals surface area contributed by atoms with E-state index in [1.807, 2.05) is 41.8 Å². The van der Waals surface area contributed by atoms with E-state index in [1.165, 1.54) is 0 Å². The number of aromatic nitrogens is 2. The van der Waals surface area contributed by atoms with Crippen LogP contribution in [-0.4, -0.2) is 9.61 Å². The third-order valence-corrected chi connectivity index (χ3v) is 3.74. The molecule has 0 radical (unpaired) electrons. The monoisotopic (exact) mass is 275 g/mol. The van der Waals surface area contributed by atoms with E-state index in [1.54, 1.807) is 0 Å². The molecule has 0 aliphatic rings. The minimum Gasteiger partial charge on any atom is -0.398 e. The molecule has 0 atom stereocenters. The number of fused-ring (bicyclic) bond motifs is 3. The summed E-state index contributed by atoms with van der Waals surface area (Å²) in [6.07, 6.45) is 0. The predicted molar refractivity (Wildman–Crippen MR) is 69.5 cm³/mol. The van der Waals surface area contributed by atoms with Gasteiger partial charge in [-0.05, 0) is 35.0 Å². The molecular weight excluding hydrogens is 266 g/mol. The zero-order valence-electron chi connectivity index (χ0n) is 8.74. The van der Waals surface area contributed by atoms with Gasteiger partial charge in [-0.1, -0.05) is 18.2 Å². The summed E-state index contributed by atoms with van der Waals surface area (Å²) >= 11 is 3.53. The van der Waals surface area contributed by atoms with Gasteiger partial charge in [0.05, 0.1) is 21.2 Å². The van der Waals surface area contributed by atoms with E-state index in [0.29, 0.717) is 0 Å². The second-order valence-corrected chi connectivity index (χ2v) is 4.61. The molecule has 2 heterocycles. The second kappa shape index (κ2) is 3.22. The van der Waals surface area contributed by atoms with Crippen molar-refractivity contribution in [3.63, 3.8) is 0 Å². The van der Waals surface area contributed by atoms with Gasteiger partial charge in [0.1, 0.15) is 0 Å². The maximum Gasteiger partial charge on any atom is 0.0834 e. The number of para-hydroxylation sites is 1. The number of nitrogens with two attached hydrogens (primary N) is 1. The summed E-state index contributed by atoms with van der Waals surface area (Å²) in [5.74, 6) is 0. The van der Waals surface area contributed by atoms with E-state index in [2.05, 4.69) is 21.0 Å². The first-order chi connectivity index (χ1) is 7.68. The maximum absolute atomic E-state index is 6.04.